The van der Waals surface area contributed by atoms with Crippen LogP contribution in [0, 0.1) is 0 Å². The Morgan fingerprint density at radius 2 is 2.00 bits per heavy atom. The molecule has 1 heterocycles. The number of amides is 1. The van der Waals surface area contributed by atoms with Crippen LogP contribution in [0.15, 0.2) is 30.3 Å². The fourth-order valence-electron chi connectivity index (χ4n) is 1.52. The van der Waals surface area contributed by atoms with Crippen molar-refractivity contribution in [2.75, 3.05) is 0 Å². The van der Waals surface area contributed by atoms with E-state index in [0.29, 0.717) is 18.4 Å². The minimum absolute atomic E-state index is 0.0378. The first kappa shape index (κ1) is 8.94. The summed E-state index contributed by atoms with van der Waals surface area (Å²) in [6, 6.07) is 9.20. The van der Waals surface area contributed by atoms with Gasteiger partial charge in [-0.3, -0.25) is 9.59 Å². The Balaban J connectivity index is 1.93. The third-order valence-electron chi connectivity index (χ3n) is 2.32. The number of carbonyl (C=O) groups excluding carboxylic acids is 2. The fraction of sp³-hybridized carbons (Fsp3) is 0.273. The van der Waals surface area contributed by atoms with Crippen molar-refractivity contribution in [3.63, 3.8) is 0 Å². The minimum atomic E-state index is 0.0378. The second-order valence-corrected chi connectivity index (χ2v) is 3.46. The fourth-order valence-corrected chi connectivity index (χ4v) is 1.52. The molecule has 1 aliphatic rings. The lowest BCUT2D eigenvalue weighted by molar-refractivity contribution is -0.127. The average Bonchev–Trinajstić information content (AvgIpc) is 2.17. The maximum absolute atomic E-state index is 11.6. The summed E-state index contributed by atoms with van der Waals surface area (Å²) >= 11 is 0. The zero-order valence-corrected chi connectivity index (χ0v) is 7.69. The van der Waals surface area contributed by atoms with Crippen LogP contribution in [0.4, 0.5) is 0 Å². The number of benzene rings is 1. The minimum Gasteiger partial charge on any atom is -0.352 e. The molecule has 1 atom stereocenters. The first-order valence-corrected chi connectivity index (χ1v) is 4.63. The molecule has 3 nitrogen and oxygen atoms in total. The van der Waals surface area contributed by atoms with Crippen LogP contribution in [0.25, 0.3) is 0 Å². The number of hydrogen-bond acceptors (Lipinski definition) is 2. The first-order chi connectivity index (χ1) is 6.75. The maximum atomic E-state index is 11.6. The summed E-state index contributed by atoms with van der Waals surface area (Å²) in [4.78, 5) is 22.2. The van der Waals surface area contributed by atoms with Gasteiger partial charge >= 0.3 is 0 Å². The molecule has 0 bridgehead atoms. The van der Waals surface area contributed by atoms with Crippen molar-refractivity contribution in [2.45, 2.75) is 18.9 Å². The molecule has 1 aromatic carbocycles. The molecular weight excluding hydrogens is 178 g/mol. The summed E-state index contributed by atoms with van der Waals surface area (Å²) in [5.41, 5.74) is 0.716. The van der Waals surface area contributed by atoms with E-state index >= 15 is 0 Å². The SMILES string of the molecule is O=C1CC(CC(=O)c2ccccc2)N1. The molecular formula is C11H11NO2. The van der Waals surface area contributed by atoms with Crippen LogP contribution in [0.3, 0.4) is 0 Å². The van der Waals surface area contributed by atoms with Crippen LogP contribution in [-0.4, -0.2) is 17.7 Å². The van der Waals surface area contributed by atoms with Gasteiger partial charge in [0, 0.05) is 24.4 Å². The van der Waals surface area contributed by atoms with Gasteiger partial charge in [-0.05, 0) is 0 Å². The number of carbonyl (C=O) groups is 2. The van der Waals surface area contributed by atoms with Crippen molar-refractivity contribution in [1.82, 2.24) is 5.32 Å². The monoisotopic (exact) mass is 189 g/mol. The lowest BCUT2D eigenvalue weighted by Gasteiger charge is -2.25. The number of Topliss-reactive ketones (excluding diaryl/α,β-unsaturated/α-hetero) is 1. The summed E-state index contributed by atoms with van der Waals surface area (Å²) in [5.74, 6) is 0.131. The molecule has 1 saturated heterocycles. The average molecular weight is 189 g/mol. The van der Waals surface area contributed by atoms with E-state index < -0.39 is 0 Å². The van der Waals surface area contributed by atoms with Crippen molar-refractivity contribution in [3.8, 4) is 0 Å². The van der Waals surface area contributed by atoms with Crippen molar-refractivity contribution < 1.29 is 9.59 Å². The first-order valence-electron chi connectivity index (χ1n) is 4.63. The Morgan fingerprint density at radius 1 is 1.36 bits per heavy atom. The summed E-state index contributed by atoms with van der Waals surface area (Å²) < 4.78 is 0. The summed E-state index contributed by atoms with van der Waals surface area (Å²) in [7, 11) is 0. The summed E-state index contributed by atoms with van der Waals surface area (Å²) in [5, 5.41) is 2.68. The predicted octanol–water partition coefficient (Wildman–Crippen LogP) is 1.15. The third-order valence-corrected chi connectivity index (χ3v) is 2.32. The van der Waals surface area contributed by atoms with Gasteiger partial charge in [0.2, 0.25) is 5.91 Å². The molecule has 0 radical (unpaired) electrons. The van der Waals surface area contributed by atoms with E-state index in [0.717, 1.165) is 0 Å². The molecule has 0 spiro atoms. The number of hydrogen-bond donors (Lipinski definition) is 1. The van der Waals surface area contributed by atoms with Gasteiger partial charge in [-0.15, -0.1) is 0 Å². The van der Waals surface area contributed by atoms with Gasteiger partial charge in [0.25, 0.3) is 0 Å². The van der Waals surface area contributed by atoms with Gasteiger partial charge in [-0.1, -0.05) is 30.3 Å². The maximum Gasteiger partial charge on any atom is 0.222 e. The largest absolute Gasteiger partial charge is 0.352 e. The molecule has 0 aromatic heterocycles. The van der Waals surface area contributed by atoms with E-state index in [9.17, 15) is 9.59 Å². The Labute approximate surface area is 82.1 Å². The molecule has 1 aromatic rings. The molecule has 3 heteroatoms. The highest BCUT2D eigenvalue weighted by Gasteiger charge is 2.27. The zero-order valence-electron chi connectivity index (χ0n) is 7.69. The molecule has 14 heavy (non-hydrogen) atoms. The Bertz CT molecular complexity index is 351. The number of ketones is 1. The molecule has 1 amide bonds. The molecule has 1 N–H and O–H groups in total. The summed E-state index contributed by atoms with van der Waals surface area (Å²) in [6.07, 6.45) is 0.897. The van der Waals surface area contributed by atoms with E-state index in [-0.39, 0.29) is 17.7 Å². The second-order valence-electron chi connectivity index (χ2n) is 3.46. The van der Waals surface area contributed by atoms with Crippen LogP contribution < -0.4 is 5.32 Å². The van der Waals surface area contributed by atoms with Crippen molar-refractivity contribution in [3.05, 3.63) is 35.9 Å². The summed E-state index contributed by atoms with van der Waals surface area (Å²) in [6.45, 7) is 0. The topological polar surface area (TPSA) is 46.2 Å². The van der Waals surface area contributed by atoms with Gasteiger partial charge in [-0.25, -0.2) is 0 Å². The highest BCUT2D eigenvalue weighted by molar-refractivity contribution is 5.97. The predicted molar refractivity (Wildman–Crippen MR) is 51.9 cm³/mol. The lowest BCUT2D eigenvalue weighted by Crippen LogP contribution is -2.49. The van der Waals surface area contributed by atoms with Crippen LogP contribution in [0.2, 0.25) is 0 Å². The molecule has 1 aliphatic heterocycles. The van der Waals surface area contributed by atoms with E-state index in [4.69, 9.17) is 0 Å². The van der Waals surface area contributed by atoms with Crippen molar-refractivity contribution in [2.24, 2.45) is 0 Å². The Hall–Kier alpha value is -1.64. The van der Waals surface area contributed by atoms with E-state index in [2.05, 4.69) is 5.32 Å². The molecule has 2 rings (SSSR count). The van der Waals surface area contributed by atoms with Crippen molar-refractivity contribution in [1.29, 1.82) is 0 Å². The number of β-lactam (4-membered cyclic amide) rings is 1. The number of nitrogens with one attached hydrogen (secondary N) is 1. The van der Waals surface area contributed by atoms with Crippen LogP contribution in [-0.2, 0) is 4.79 Å². The van der Waals surface area contributed by atoms with E-state index in [1.165, 1.54) is 0 Å². The smallest absolute Gasteiger partial charge is 0.222 e. The standard InChI is InChI=1S/C11H11NO2/c13-10(6-9-7-11(14)12-9)8-4-2-1-3-5-8/h1-5,9H,6-7H2,(H,12,14). The molecule has 0 saturated carbocycles. The second kappa shape index (κ2) is 3.62. The molecule has 72 valence electrons. The Morgan fingerprint density at radius 3 is 2.57 bits per heavy atom. The normalized spacial score (nSPS) is 19.7. The van der Waals surface area contributed by atoms with Gasteiger partial charge in [-0.2, -0.15) is 0 Å². The zero-order chi connectivity index (χ0) is 9.97. The molecule has 1 unspecified atom stereocenters. The highest BCUT2D eigenvalue weighted by atomic mass is 16.2. The lowest BCUT2D eigenvalue weighted by atomic mass is 9.97. The third kappa shape index (κ3) is 1.82. The molecule has 1 fully saturated rings. The Kier molecular flexibility index (Phi) is 2.31. The number of rotatable bonds is 3. The van der Waals surface area contributed by atoms with Crippen LogP contribution >= 0.6 is 0 Å². The molecule has 0 aliphatic carbocycles. The van der Waals surface area contributed by atoms with Gasteiger partial charge in [0.1, 0.15) is 0 Å². The van der Waals surface area contributed by atoms with E-state index in [1.807, 2.05) is 18.2 Å². The van der Waals surface area contributed by atoms with Crippen LogP contribution in [0.1, 0.15) is 23.2 Å². The van der Waals surface area contributed by atoms with Gasteiger partial charge in [0.05, 0.1) is 0 Å². The quantitative estimate of drug-likeness (QED) is 0.572. The van der Waals surface area contributed by atoms with Gasteiger partial charge < -0.3 is 5.32 Å². The van der Waals surface area contributed by atoms with Crippen LogP contribution in [0.5, 0.6) is 0 Å². The van der Waals surface area contributed by atoms with Gasteiger partial charge in [0.15, 0.2) is 5.78 Å². The van der Waals surface area contributed by atoms with E-state index in [1.54, 1.807) is 12.1 Å². The van der Waals surface area contributed by atoms with Crippen molar-refractivity contribution >= 4 is 11.7 Å². The highest BCUT2D eigenvalue weighted by Crippen LogP contribution is 2.12.